The van der Waals surface area contributed by atoms with Crippen molar-refractivity contribution in [2.24, 2.45) is 0 Å². The molecule has 0 spiro atoms. The smallest absolute Gasteiger partial charge is 0.253 e. The Balaban J connectivity index is 2.03. The average Bonchev–Trinajstić information content (AvgIpc) is 2.93. The monoisotopic (exact) mass is 373 g/mol. The van der Waals surface area contributed by atoms with Gasteiger partial charge in [0.05, 0.1) is 17.0 Å². The third kappa shape index (κ3) is 5.19. The Bertz CT molecular complexity index is 801. The maximum Gasteiger partial charge on any atom is 0.253 e. The molecule has 1 aromatic heterocycles. The lowest BCUT2D eigenvalue weighted by Crippen LogP contribution is -2.31. The summed E-state index contributed by atoms with van der Waals surface area (Å²) in [4.78, 5) is 24.6. The van der Waals surface area contributed by atoms with Crippen LogP contribution in [0.4, 0.5) is 5.69 Å². The first-order valence-electron chi connectivity index (χ1n) is 8.25. The van der Waals surface area contributed by atoms with Gasteiger partial charge in [-0.25, -0.2) is 0 Å². The highest BCUT2D eigenvalue weighted by molar-refractivity contribution is 7.99. The molecular formula is C18H23N5O2S. The SMILES string of the molecule is C=CCn1c(C)nnc1SCC(=O)Nc1ccccc1C(=O)NC(C)C. The fourth-order valence-electron chi connectivity index (χ4n) is 2.25. The lowest BCUT2D eigenvalue weighted by atomic mass is 10.1. The zero-order valence-corrected chi connectivity index (χ0v) is 16.0. The van der Waals surface area contributed by atoms with E-state index in [0.717, 1.165) is 5.82 Å². The van der Waals surface area contributed by atoms with Gasteiger partial charge in [0, 0.05) is 12.6 Å². The molecule has 26 heavy (non-hydrogen) atoms. The number of aromatic nitrogens is 3. The van der Waals surface area contributed by atoms with Crippen LogP contribution >= 0.6 is 11.8 Å². The molecule has 0 aliphatic heterocycles. The molecule has 0 fully saturated rings. The Kier molecular flexibility index (Phi) is 6.97. The Labute approximate surface area is 157 Å². The van der Waals surface area contributed by atoms with Crippen molar-refractivity contribution in [1.29, 1.82) is 0 Å². The van der Waals surface area contributed by atoms with Crippen molar-refractivity contribution < 1.29 is 9.59 Å². The van der Waals surface area contributed by atoms with E-state index in [2.05, 4.69) is 27.4 Å². The van der Waals surface area contributed by atoms with Crippen molar-refractivity contribution in [1.82, 2.24) is 20.1 Å². The number of hydrogen-bond donors (Lipinski definition) is 2. The van der Waals surface area contributed by atoms with Crippen molar-refractivity contribution >= 4 is 29.3 Å². The molecule has 0 atom stereocenters. The Hall–Kier alpha value is -2.61. The quantitative estimate of drug-likeness (QED) is 0.548. The van der Waals surface area contributed by atoms with E-state index in [1.54, 1.807) is 30.3 Å². The van der Waals surface area contributed by atoms with Gasteiger partial charge < -0.3 is 15.2 Å². The number of hydrogen-bond acceptors (Lipinski definition) is 5. The van der Waals surface area contributed by atoms with Crippen LogP contribution in [0.15, 0.2) is 42.1 Å². The summed E-state index contributed by atoms with van der Waals surface area (Å²) < 4.78 is 1.88. The number of carbonyl (C=O) groups excluding carboxylic acids is 2. The summed E-state index contributed by atoms with van der Waals surface area (Å²) in [5, 5.41) is 14.4. The van der Waals surface area contributed by atoms with Crippen molar-refractivity contribution in [3.05, 3.63) is 48.3 Å². The largest absolute Gasteiger partial charge is 0.350 e. The first-order valence-corrected chi connectivity index (χ1v) is 9.24. The van der Waals surface area contributed by atoms with Crippen LogP contribution in [0.25, 0.3) is 0 Å². The van der Waals surface area contributed by atoms with Crippen molar-refractivity contribution in [3.8, 4) is 0 Å². The van der Waals surface area contributed by atoms with Gasteiger partial charge in [-0.15, -0.1) is 16.8 Å². The maximum absolute atomic E-state index is 12.3. The minimum Gasteiger partial charge on any atom is -0.350 e. The van der Waals surface area contributed by atoms with E-state index in [1.807, 2.05) is 25.3 Å². The highest BCUT2D eigenvalue weighted by Gasteiger charge is 2.15. The molecule has 0 saturated carbocycles. The van der Waals surface area contributed by atoms with Crippen LogP contribution in [0.3, 0.4) is 0 Å². The van der Waals surface area contributed by atoms with Crippen LogP contribution in [0, 0.1) is 6.92 Å². The van der Waals surface area contributed by atoms with E-state index in [4.69, 9.17) is 0 Å². The molecule has 138 valence electrons. The summed E-state index contributed by atoms with van der Waals surface area (Å²) >= 11 is 1.29. The van der Waals surface area contributed by atoms with Crippen LogP contribution in [0.1, 0.15) is 30.0 Å². The second-order valence-corrected chi connectivity index (χ2v) is 6.88. The third-order valence-corrected chi connectivity index (χ3v) is 4.38. The van der Waals surface area contributed by atoms with E-state index in [9.17, 15) is 9.59 Å². The van der Waals surface area contributed by atoms with Gasteiger partial charge in [-0.05, 0) is 32.9 Å². The van der Waals surface area contributed by atoms with Gasteiger partial charge in [-0.1, -0.05) is 30.0 Å². The predicted molar refractivity (Wildman–Crippen MR) is 103 cm³/mol. The third-order valence-electron chi connectivity index (χ3n) is 3.41. The van der Waals surface area contributed by atoms with E-state index < -0.39 is 0 Å². The van der Waals surface area contributed by atoms with Crippen molar-refractivity contribution in [2.75, 3.05) is 11.1 Å². The molecule has 0 unspecified atom stereocenters. The van der Waals surface area contributed by atoms with Crippen LogP contribution < -0.4 is 10.6 Å². The number of nitrogens with one attached hydrogen (secondary N) is 2. The zero-order valence-electron chi connectivity index (χ0n) is 15.2. The minimum atomic E-state index is -0.218. The number of carbonyl (C=O) groups is 2. The number of benzene rings is 1. The Morgan fingerprint density at radius 3 is 2.73 bits per heavy atom. The van der Waals surface area contributed by atoms with Gasteiger partial charge in [0.1, 0.15) is 5.82 Å². The Morgan fingerprint density at radius 1 is 1.31 bits per heavy atom. The van der Waals surface area contributed by atoms with Crippen LogP contribution in [0.2, 0.25) is 0 Å². The lowest BCUT2D eigenvalue weighted by Gasteiger charge is -2.13. The highest BCUT2D eigenvalue weighted by Crippen LogP contribution is 2.19. The average molecular weight is 373 g/mol. The minimum absolute atomic E-state index is 0.0151. The van der Waals surface area contributed by atoms with Crippen LogP contribution in [-0.2, 0) is 11.3 Å². The van der Waals surface area contributed by atoms with Gasteiger partial charge in [0.2, 0.25) is 5.91 Å². The number of thioether (sulfide) groups is 1. The van der Waals surface area contributed by atoms with Gasteiger partial charge in [-0.2, -0.15) is 0 Å². The predicted octanol–water partition coefficient (Wildman–Crippen LogP) is 2.64. The molecule has 8 heteroatoms. The van der Waals surface area contributed by atoms with E-state index in [1.165, 1.54) is 11.8 Å². The fourth-order valence-corrected chi connectivity index (χ4v) is 3.05. The Morgan fingerprint density at radius 2 is 2.04 bits per heavy atom. The molecule has 2 amide bonds. The molecule has 1 aromatic carbocycles. The van der Waals surface area contributed by atoms with E-state index in [-0.39, 0.29) is 23.6 Å². The van der Waals surface area contributed by atoms with E-state index in [0.29, 0.717) is 23.0 Å². The first-order chi connectivity index (χ1) is 12.4. The molecule has 1 heterocycles. The number of nitrogens with zero attached hydrogens (tertiary/aromatic N) is 3. The van der Waals surface area contributed by atoms with Gasteiger partial charge in [0.25, 0.3) is 5.91 Å². The van der Waals surface area contributed by atoms with Crippen molar-refractivity contribution in [3.63, 3.8) is 0 Å². The number of aryl methyl sites for hydroxylation is 1. The zero-order chi connectivity index (χ0) is 19.1. The standard InChI is InChI=1S/C18H23N5O2S/c1-5-10-23-13(4)21-22-18(23)26-11-16(24)20-15-9-7-6-8-14(15)17(25)19-12(2)3/h5-9,12H,1,10-11H2,2-4H3,(H,19,25)(H,20,24). The normalized spacial score (nSPS) is 10.6. The molecule has 0 radical (unpaired) electrons. The molecule has 0 bridgehead atoms. The summed E-state index contributed by atoms with van der Waals surface area (Å²) in [5.41, 5.74) is 0.921. The first kappa shape index (κ1) is 19.7. The van der Waals surface area contributed by atoms with Gasteiger partial charge in [-0.3, -0.25) is 9.59 Å². The summed E-state index contributed by atoms with van der Waals surface area (Å²) in [6, 6.07) is 6.95. The highest BCUT2D eigenvalue weighted by atomic mass is 32.2. The fraction of sp³-hybridized carbons (Fsp3) is 0.333. The summed E-state index contributed by atoms with van der Waals surface area (Å²) in [7, 11) is 0. The second-order valence-electron chi connectivity index (χ2n) is 5.94. The van der Waals surface area contributed by atoms with Crippen LogP contribution in [-0.4, -0.2) is 38.4 Å². The number of rotatable bonds is 8. The molecule has 0 saturated heterocycles. The molecule has 2 N–H and O–H groups in total. The topological polar surface area (TPSA) is 88.9 Å². The second kappa shape index (κ2) is 9.19. The molecule has 2 rings (SSSR count). The van der Waals surface area contributed by atoms with Gasteiger partial charge in [0.15, 0.2) is 5.16 Å². The summed E-state index contributed by atoms with van der Waals surface area (Å²) in [6.07, 6.45) is 1.75. The van der Waals surface area contributed by atoms with E-state index >= 15 is 0 Å². The molecule has 0 aliphatic rings. The molecule has 7 nitrogen and oxygen atoms in total. The van der Waals surface area contributed by atoms with Crippen molar-refractivity contribution in [2.45, 2.75) is 38.5 Å². The summed E-state index contributed by atoms with van der Waals surface area (Å²) in [5.74, 6) is 0.495. The number of anilines is 1. The number of amides is 2. The number of allylic oxidation sites excluding steroid dienone is 1. The molecular weight excluding hydrogens is 350 g/mol. The maximum atomic E-state index is 12.3. The summed E-state index contributed by atoms with van der Waals surface area (Å²) in [6.45, 7) is 9.92. The molecule has 0 aliphatic carbocycles. The lowest BCUT2D eigenvalue weighted by molar-refractivity contribution is -0.113. The number of para-hydroxylation sites is 1. The molecule has 2 aromatic rings. The van der Waals surface area contributed by atoms with Gasteiger partial charge >= 0.3 is 0 Å². The van der Waals surface area contributed by atoms with Crippen LogP contribution in [0.5, 0.6) is 0 Å².